The minimum atomic E-state index is 0.219. The number of carbonyl (C=O) groups excluding carboxylic acids is 1. The Morgan fingerprint density at radius 2 is 2.11 bits per heavy atom. The molecule has 1 fully saturated rings. The molecule has 0 aliphatic carbocycles. The minimum Gasteiger partial charge on any atom is -0.497 e. The summed E-state index contributed by atoms with van der Waals surface area (Å²) in [5, 5.41) is 6.70. The molecule has 2 rings (SSSR count). The Bertz CT molecular complexity index is 604. The van der Waals surface area contributed by atoms with Crippen LogP contribution in [0, 0.1) is 0 Å². The van der Waals surface area contributed by atoms with Crippen LogP contribution in [0.2, 0.25) is 0 Å². The molecule has 1 heterocycles. The molecule has 1 unspecified atom stereocenters. The summed E-state index contributed by atoms with van der Waals surface area (Å²) in [6, 6.07) is 8.16. The topological polar surface area (TPSA) is 75.2 Å². The van der Waals surface area contributed by atoms with Gasteiger partial charge in [0.05, 0.1) is 13.7 Å². The first-order valence-corrected chi connectivity index (χ1v) is 9.62. The summed E-state index contributed by atoms with van der Waals surface area (Å²) in [6.45, 7) is 5.53. The standard InChI is InChI=1S/C20H32N4O3/c1-4-19(25)24-12-10-17(14-24)23-20(21-2)22-11-5-13-27-15-16-6-8-18(26-3)9-7-16/h6-9,17H,4-5,10-15H2,1-3H3,(H2,21,22,23). The number of nitrogens with one attached hydrogen (secondary N) is 2. The van der Waals surface area contributed by atoms with Gasteiger partial charge in [0.1, 0.15) is 5.75 Å². The smallest absolute Gasteiger partial charge is 0.222 e. The fraction of sp³-hybridized carbons (Fsp3) is 0.600. The van der Waals surface area contributed by atoms with E-state index in [-0.39, 0.29) is 11.9 Å². The zero-order valence-electron chi connectivity index (χ0n) is 16.7. The molecular weight excluding hydrogens is 344 g/mol. The Hall–Kier alpha value is -2.28. The van der Waals surface area contributed by atoms with E-state index in [1.165, 1.54) is 0 Å². The molecule has 0 aromatic heterocycles. The molecular formula is C20H32N4O3. The van der Waals surface area contributed by atoms with Gasteiger partial charge >= 0.3 is 0 Å². The van der Waals surface area contributed by atoms with Crippen molar-refractivity contribution in [3.63, 3.8) is 0 Å². The van der Waals surface area contributed by atoms with Gasteiger partial charge in [-0.1, -0.05) is 19.1 Å². The molecule has 2 N–H and O–H groups in total. The fourth-order valence-electron chi connectivity index (χ4n) is 3.01. The highest BCUT2D eigenvalue weighted by atomic mass is 16.5. The van der Waals surface area contributed by atoms with E-state index in [4.69, 9.17) is 9.47 Å². The van der Waals surface area contributed by atoms with E-state index in [9.17, 15) is 4.79 Å². The van der Waals surface area contributed by atoms with Gasteiger partial charge in [-0.25, -0.2) is 0 Å². The highest BCUT2D eigenvalue weighted by Crippen LogP contribution is 2.12. The molecule has 7 nitrogen and oxygen atoms in total. The largest absolute Gasteiger partial charge is 0.497 e. The molecule has 7 heteroatoms. The lowest BCUT2D eigenvalue weighted by Gasteiger charge is -2.18. The predicted molar refractivity (Wildman–Crippen MR) is 107 cm³/mol. The van der Waals surface area contributed by atoms with Crippen LogP contribution in [-0.2, 0) is 16.1 Å². The number of methoxy groups -OCH3 is 1. The molecule has 0 spiro atoms. The van der Waals surface area contributed by atoms with Crippen molar-refractivity contribution in [2.24, 2.45) is 4.99 Å². The molecule has 1 aromatic rings. The van der Waals surface area contributed by atoms with Crippen LogP contribution >= 0.6 is 0 Å². The number of hydrogen-bond acceptors (Lipinski definition) is 4. The number of carbonyl (C=O) groups is 1. The van der Waals surface area contributed by atoms with E-state index < -0.39 is 0 Å². The number of benzene rings is 1. The number of nitrogens with zero attached hydrogens (tertiary/aromatic N) is 2. The Balaban J connectivity index is 1.57. The zero-order chi connectivity index (χ0) is 19.5. The maximum absolute atomic E-state index is 11.8. The third-order valence-electron chi connectivity index (χ3n) is 4.59. The molecule has 1 aliphatic rings. The van der Waals surface area contributed by atoms with E-state index in [0.717, 1.165) is 49.7 Å². The summed E-state index contributed by atoms with van der Waals surface area (Å²) >= 11 is 0. The fourth-order valence-corrected chi connectivity index (χ4v) is 3.01. The lowest BCUT2D eigenvalue weighted by Crippen LogP contribution is -2.45. The monoisotopic (exact) mass is 376 g/mol. The van der Waals surface area contributed by atoms with Gasteiger partial charge in [0, 0.05) is 45.8 Å². The van der Waals surface area contributed by atoms with Crippen molar-refractivity contribution in [1.29, 1.82) is 0 Å². The molecule has 1 amide bonds. The summed E-state index contributed by atoms with van der Waals surface area (Å²) in [5.74, 6) is 1.85. The van der Waals surface area contributed by atoms with E-state index >= 15 is 0 Å². The van der Waals surface area contributed by atoms with Crippen molar-refractivity contribution in [3.8, 4) is 5.75 Å². The Morgan fingerprint density at radius 1 is 1.33 bits per heavy atom. The van der Waals surface area contributed by atoms with Crippen molar-refractivity contribution in [1.82, 2.24) is 15.5 Å². The second-order valence-corrected chi connectivity index (χ2v) is 6.58. The Kier molecular flexibility index (Phi) is 8.91. The molecule has 1 atom stereocenters. The first kappa shape index (κ1) is 21.0. The zero-order valence-corrected chi connectivity index (χ0v) is 16.7. The lowest BCUT2D eigenvalue weighted by atomic mass is 10.2. The SMILES string of the molecule is CCC(=O)N1CCC(NC(=NC)NCCCOCc2ccc(OC)cc2)C1. The van der Waals surface area contributed by atoms with Crippen LogP contribution in [0.1, 0.15) is 31.7 Å². The summed E-state index contributed by atoms with van der Waals surface area (Å²) in [5.41, 5.74) is 1.13. The lowest BCUT2D eigenvalue weighted by molar-refractivity contribution is -0.129. The predicted octanol–water partition coefficient (Wildman–Crippen LogP) is 1.78. The third-order valence-corrected chi connectivity index (χ3v) is 4.59. The highest BCUT2D eigenvalue weighted by Gasteiger charge is 2.25. The molecule has 0 bridgehead atoms. The highest BCUT2D eigenvalue weighted by molar-refractivity contribution is 5.80. The van der Waals surface area contributed by atoms with Crippen LogP contribution in [0.3, 0.4) is 0 Å². The van der Waals surface area contributed by atoms with Crippen LogP contribution < -0.4 is 15.4 Å². The quantitative estimate of drug-likeness (QED) is 0.390. The van der Waals surface area contributed by atoms with Crippen LogP contribution in [0.15, 0.2) is 29.3 Å². The first-order valence-electron chi connectivity index (χ1n) is 9.62. The summed E-state index contributed by atoms with van der Waals surface area (Å²) in [7, 11) is 3.42. The summed E-state index contributed by atoms with van der Waals surface area (Å²) < 4.78 is 10.9. The number of ether oxygens (including phenoxy) is 2. The van der Waals surface area contributed by atoms with E-state index in [2.05, 4.69) is 15.6 Å². The second-order valence-electron chi connectivity index (χ2n) is 6.58. The van der Waals surface area contributed by atoms with Gasteiger partial charge < -0.3 is 25.0 Å². The average Bonchev–Trinajstić information content (AvgIpc) is 3.18. The van der Waals surface area contributed by atoms with Gasteiger partial charge in [0.2, 0.25) is 5.91 Å². The first-order chi connectivity index (χ1) is 13.2. The molecule has 1 saturated heterocycles. The van der Waals surface area contributed by atoms with Crippen molar-refractivity contribution < 1.29 is 14.3 Å². The minimum absolute atomic E-state index is 0.219. The number of hydrogen-bond donors (Lipinski definition) is 2. The van der Waals surface area contributed by atoms with Gasteiger partial charge in [-0.05, 0) is 30.5 Å². The van der Waals surface area contributed by atoms with Gasteiger partial charge in [-0.15, -0.1) is 0 Å². The van der Waals surface area contributed by atoms with E-state index in [0.29, 0.717) is 19.6 Å². The Labute approximate surface area is 162 Å². The molecule has 1 aromatic carbocycles. The summed E-state index contributed by atoms with van der Waals surface area (Å²) in [6.07, 6.45) is 2.41. The van der Waals surface area contributed by atoms with Gasteiger partial charge in [-0.3, -0.25) is 9.79 Å². The normalized spacial score (nSPS) is 17.1. The average molecular weight is 377 g/mol. The summed E-state index contributed by atoms with van der Waals surface area (Å²) in [4.78, 5) is 17.9. The Morgan fingerprint density at radius 3 is 2.78 bits per heavy atom. The molecule has 27 heavy (non-hydrogen) atoms. The number of likely N-dealkylation sites (tertiary alicyclic amines) is 1. The molecule has 0 radical (unpaired) electrons. The van der Waals surface area contributed by atoms with Gasteiger partial charge in [0.25, 0.3) is 0 Å². The van der Waals surface area contributed by atoms with E-state index in [1.54, 1.807) is 14.2 Å². The molecule has 150 valence electrons. The number of aliphatic imine (C=N–C) groups is 1. The molecule has 1 aliphatic heterocycles. The second kappa shape index (κ2) is 11.4. The van der Waals surface area contributed by atoms with Crippen molar-refractivity contribution in [3.05, 3.63) is 29.8 Å². The van der Waals surface area contributed by atoms with Crippen molar-refractivity contribution >= 4 is 11.9 Å². The van der Waals surface area contributed by atoms with Gasteiger partial charge in [0.15, 0.2) is 5.96 Å². The van der Waals surface area contributed by atoms with Crippen LogP contribution in [0.25, 0.3) is 0 Å². The molecule has 0 saturated carbocycles. The third kappa shape index (κ3) is 7.09. The maximum Gasteiger partial charge on any atom is 0.222 e. The van der Waals surface area contributed by atoms with Crippen molar-refractivity contribution in [2.45, 2.75) is 38.8 Å². The van der Waals surface area contributed by atoms with Crippen molar-refractivity contribution in [2.75, 3.05) is 40.4 Å². The maximum atomic E-state index is 11.8. The van der Waals surface area contributed by atoms with E-state index in [1.807, 2.05) is 36.1 Å². The number of guanidine groups is 1. The van der Waals surface area contributed by atoms with Crippen LogP contribution in [0.5, 0.6) is 5.75 Å². The van der Waals surface area contributed by atoms with Crippen LogP contribution in [0.4, 0.5) is 0 Å². The number of amides is 1. The van der Waals surface area contributed by atoms with Crippen LogP contribution in [-0.4, -0.2) is 63.2 Å². The number of rotatable bonds is 9. The van der Waals surface area contributed by atoms with Gasteiger partial charge in [-0.2, -0.15) is 0 Å².